The van der Waals surface area contributed by atoms with E-state index in [0.717, 1.165) is 58.7 Å². The average Bonchev–Trinajstić information content (AvgIpc) is 3.16. The standard InChI is InChI=1S/C19H32N4O3S2/c1-3-23(28(2,25)26)18-4-7-20(8-5-18)15-19(24)22-11-9-21(10-12-22)14-17-6-13-27-16-17/h6,13,16,18H,3-5,7-12,14-15H2,1-2H3. The number of sulfonamides is 1. The molecule has 3 heterocycles. The molecule has 9 heteroatoms. The number of piperidine rings is 1. The number of rotatable bonds is 7. The van der Waals surface area contributed by atoms with Gasteiger partial charge >= 0.3 is 0 Å². The summed E-state index contributed by atoms with van der Waals surface area (Å²) >= 11 is 1.72. The van der Waals surface area contributed by atoms with E-state index in [9.17, 15) is 13.2 Å². The molecule has 1 aromatic rings. The molecule has 2 aliphatic rings. The first-order chi connectivity index (χ1) is 13.4. The van der Waals surface area contributed by atoms with Crippen LogP contribution in [0.5, 0.6) is 0 Å². The third-order valence-electron chi connectivity index (χ3n) is 5.77. The van der Waals surface area contributed by atoms with Crippen LogP contribution in [-0.4, -0.2) is 98.0 Å². The maximum absolute atomic E-state index is 12.7. The molecule has 28 heavy (non-hydrogen) atoms. The summed E-state index contributed by atoms with van der Waals surface area (Å²) in [6.45, 7) is 8.78. The van der Waals surface area contributed by atoms with E-state index in [1.54, 1.807) is 15.6 Å². The van der Waals surface area contributed by atoms with Crippen LogP contribution < -0.4 is 0 Å². The first kappa shape index (κ1) is 21.7. The van der Waals surface area contributed by atoms with Crippen LogP contribution in [0.2, 0.25) is 0 Å². The number of hydrogen-bond donors (Lipinski definition) is 0. The normalized spacial score (nSPS) is 20.8. The van der Waals surface area contributed by atoms with Crippen molar-refractivity contribution < 1.29 is 13.2 Å². The second-order valence-electron chi connectivity index (χ2n) is 7.76. The average molecular weight is 429 g/mol. The van der Waals surface area contributed by atoms with Crippen molar-refractivity contribution in [1.29, 1.82) is 0 Å². The predicted molar refractivity (Wildman–Crippen MR) is 113 cm³/mol. The van der Waals surface area contributed by atoms with Crippen molar-refractivity contribution in [3.8, 4) is 0 Å². The Morgan fingerprint density at radius 2 is 1.82 bits per heavy atom. The highest BCUT2D eigenvalue weighted by Crippen LogP contribution is 2.19. The predicted octanol–water partition coefficient (Wildman–Crippen LogP) is 1.14. The number of thiophene rings is 1. The quantitative estimate of drug-likeness (QED) is 0.652. The van der Waals surface area contributed by atoms with Gasteiger partial charge in [-0.3, -0.25) is 14.6 Å². The van der Waals surface area contributed by atoms with Crippen molar-refractivity contribution in [1.82, 2.24) is 19.0 Å². The molecule has 158 valence electrons. The Balaban J connectivity index is 1.40. The molecule has 0 atom stereocenters. The summed E-state index contributed by atoms with van der Waals surface area (Å²) in [4.78, 5) is 19.2. The van der Waals surface area contributed by atoms with Crippen LogP contribution in [0.4, 0.5) is 0 Å². The monoisotopic (exact) mass is 428 g/mol. The van der Waals surface area contributed by atoms with E-state index in [4.69, 9.17) is 0 Å². The molecule has 2 saturated heterocycles. The van der Waals surface area contributed by atoms with Gasteiger partial charge in [0.1, 0.15) is 0 Å². The van der Waals surface area contributed by atoms with Crippen LogP contribution in [0.1, 0.15) is 25.3 Å². The molecule has 0 aliphatic carbocycles. The minimum absolute atomic E-state index is 0.0620. The zero-order valence-electron chi connectivity index (χ0n) is 16.9. The van der Waals surface area contributed by atoms with Gasteiger partial charge in [-0.15, -0.1) is 0 Å². The second kappa shape index (κ2) is 9.67. The fraction of sp³-hybridized carbons (Fsp3) is 0.737. The van der Waals surface area contributed by atoms with Gasteiger partial charge in [-0.05, 0) is 35.2 Å². The summed E-state index contributed by atoms with van der Waals surface area (Å²) in [5, 5.41) is 4.29. The Morgan fingerprint density at radius 1 is 1.14 bits per heavy atom. The maximum Gasteiger partial charge on any atom is 0.236 e. The number of hydrogen-bond acceptors (Lipinski definition) is 6. The maximum atomic E-state index is 12.7. The lowest BCUT2D eigenvalue weighted by Gasteiger charge is -2.38. The van der Waals surface area contributed by atoms with Crippen molar-refractivity contribution in [2.24, 2.45) is 0 Å². The number of nitrogens with zero attached hydrogens (tertiary/aromatic N) is 4. The van der Waals surface area contributed by atoms with E-state index >= 15 is 0 Å². The molecule has 2 fully saturated rings. The molecular formula is C19H32N4O3S2. The lowest BCUT2D eigenvalue weighted by atomic mass is 10.1. The Hall–Kier alpha value is -1.00. The molecule has 3 rings (SSSR count). The minimum atomic E-state index is -3.16. The van der Waals surface area contributed by atoms with Crippen LogP contribution in [-0.2, 0) is 21.4 Å². The fourth-order valence-corrected chi connectivity index (χ4v) is 6.10. The summed E-state index contributed by atoms with van der Waals surface area (Å²) in [6, 6.07) is 2.22. The number of amides is 1. The molecule has 0 N–H and O–H groups in total. The van der Waals surface area contributed by atoms with E-state index in [1.807, 2.05) is 11.8 Å². The Bertz CT molecular complexity index is 722. The summed E-state index contributed by atoms with van der Waals surface area (Å²) in [5.74, 6) is 0.198. The van der Waals surface area contributed by atoms with Crippen LogP contribution in [0.3, 0.4) is 0 Å². The summed E-state index contributed by atoms with van der Waals surface area (Å²) in [5.41, 5.74) is 1.35. The van der Waals surface area contributed by atoms with Gasteiger partial charge in [0.15, 0.2) is 0 Å². The van der Waals surface area contributed by atoms with E-state index in [-0.39, 0.29) is 11.9 Å². The van der Waals surface area contributed by atoms with Crippen molar-refractivity contribution in [3.63, 3.8) is 0 Å². The molecular weight excluding hydrogens is 396 g/mol. The van der Waals surface area contributed by atoms with Gasteiger partial charge in [0.25, 0.3) is 0 Å². The zero-order valence-corrected chi connectivity index (χ0v) is 18.6. The van der Waals surface area contributed by atoms with Gasteiger partial charge in [-0.2, -0.15) is 15.6 Å². The van der Waals surface area contributed by atoms with E-state index in [1.165, 1.54) is 11.8 Å². The van der Waals surface area contributed by atoms with Crippen molar-refractivity contribution >= 4 is 27.3 Å². The molecule has 1 amide bonds. The van der Waals surface area contributed by atoms with Gasteiger partial charge < -0.3 is 4.90 Å². The molecule has 0 spiro atoms. The first-order valence-corrected chi connectivity index (χ1v) is 12.9. The summed E-state index contributed by atoms with van der Waals surface area (Å²) < 4.78 is 25.4. The molecule has 2 aliphatic heterocycles. The molecule has 0 unspecified atom stereocenters. The van der Waals surface area contributed by atoms with Crippen LogP contribution in [0.15, 0.2) is 16.8 Å². The van der Waals surface area contributed by atoms with E-state index in [2.05, 4.69) is 26.6 Å². The highest BCUT2D eigenvalue weighted by Gasteiger charge is 2.30. The number of carbonyl (C=O) groups is 1. The zero-order chi connectivity index (χ0) is 20.1. The minimum Gasteiger partial charge on any atom is -0.339 e. The van der Waals surface area contributed by atoms with Crippen LogP contribution in [0.25, 0.3) is 0 Å². The Kier molecular flexibility index (Phi) is 7.49. The highest BCUT2D eigenvalue weighted by atomic mass is 32.2. The molecule has 1 aromatic heterocycles. The number of likely N-dealkylation sites (tertiary alicyclic amines) is 1. The smallest absolute Gasteiger partial charge is 0.236 e. The third kappa shape index (κ3) is 5.76. The third-order valence-corrected chi connectivity index (χ3v) is 7.91. The van der Waals surface area contributed by atoms with E-state index in [0.29, 0.717) is 13.1 Å². The molecule has 0 aromatic carbocycles. The molecule has 0 radical (unpaired) electrons. The fourth-order valence-electron chi connectivity index (χ4n) is 4.22. The summed E-state index contributed by atoms with van der Waals surface area (Å²) in [7, 11) is -3.16. The Morgan fingerprint density at radius 3 is 2.36 bits per heavy atom. The molecule has 7 nitrogen and oxygen atoms in total. The number of carbonyl (C=O) groups excluding carboxylic acids is 1. The van der Waals surface area contributed by atoms with E-state index < -0.39 is 10.0 Å². The highest BCUT2D eigenvalue weighted by molar-refractivity contribution is 7.88. The second-order valence-corrected chi connectivity index (χ2v) is 10.5. The van der Waals surface area contributed by atoms with Gasteiger partial charge in [-0.25, -0.2) is 8.42 Å². The first-order valence-electron chi connectivity index (χ1n) is 10.1. The Labute approximate surface area is 172 Å². The molecule has 0 bridgehead atoms. The lowest BCUT2D eigenvalue weighted by Crippen LogP contribution is -2.52. The van der Waals surface area contributed by atoms with Gasteiger partial charge in [-0.1, -0.05) is 6.92 Å². The van der Waals surface area contributed by atoms with Crippen LogP contribution in [0, 0.1) is 0 Å². The number of piperazine rings is 1. The van der Waals surface area contributed by atoms with Gasteiger partial charge in [0, 0.05) is 58.4 Å². The topological polar surface area (TPSA) is 64.2 Å². The molecule has 0 saturated carbocycles. The summed E-state index contributed by atoms with van der Waals surface area (Å²) in [6.07, 6.45) is 2.87. The van der Waals surface area contributed by atoms with Crippen molar-refractivity contribution in [2.75, 3.05) is 58.6 Å². The lowest BCUT2D eigenvalue weighted by molar-refractivity contribution is -0.134. The largest absolute Gasteiger partial charge is 0.339 e. The van der Waals surface area contributed by atoms with Gasteiger partial charge in [0.05, 0.1) is 12.8 Å². The van der Waals surface area contributed by atoms with Gasteiger partial charge in [0.2, 0.25) is 15.9 Å². The van der Waals surface area contributed by atoms with Crippen LogP contribution >= 0.6 is 11.3 Å². The van der Waals surface area contributed by atoms with Crippen molar-refractivity contribution in [2.45, 2.75) is 32.4 Å². The SMILES string of the molecule is CCN(C1CCN(CC(=O)N2CCN(Cc3ccsc3)CC2)CC1)S(C)(=O)=O. The van der Waals surface area contributed by atoms with Crippen molar-refractivity contribution in [3.05, 3.63) is 22.4 Å².